The van der Waals surface area contributed by atoms with Gasteiger partial charge in [0, 0.05) is 42.2 Å². The Balaban J connectivity index is 1.07. The van der Waals surface area contributed by atoms with Crippen molar-refractivity contribution in [2.75, 3.05) is 25.4 Å². The van der Waals surface area contributed by atoms with E-state index in [1.54, 1.807) is 16.4 Å². The van der Waals surface area contributed by atoms with Crippen molar-refractivity contribution in [1.82, 2.24) is 19.3 Å². The first kappa shape index (κ1) is 25.2. The number of aromatic nitrogens is 3. The Bertz CT molecular complexity index is 1510. The number of pyridine rings is 2. The van der Waals surface area contributed by atoms with Crippen LogP contribution >= 0.6 is 0 Å². The van der Waals surface area contributed by atoms with Crippen LogP contribution in [-0.4, -0.2) is 53.1 Å². The van der Waals surface area contributed by atoms with Crippen molar-refractivity contribution in [3.05, 3.63) is 66.4 Å². The Morgan fingerprint density at radius 2 is 1.82 bits per heavy atom. The van der Waals surface area contributed by atoms with E-state index in [-0.39, 0.29) is 23.4 Å². The number of H-pyrrole nitrogens is 1. The van der Waals surface area contributed by atoms with Gasteiger partial charge >= 0.3 is 0 Å². The van der Waals surface area contributed by atoms with Crippen LogP contribution in [0.1, 0.15) is 50.0 Å². The maximum atomic E-state index is 13.4. The molecule has 0 bridgehead atoms. The number of hydrogen-bond donors (Lipinski definition) is 1. The van der Waals surface area contributed by atoms with Crippen LogP contribution in [-0.2, 0) is 10.0 Å². The summed E-state index contributed by atoms with van der Waals surface area (Å²) in [6.45, 7) is 1.50. The maximum Gasteiger partial charge on any atom is 0.214 e. The number of hydrogen-bond acceptors (Lipinski definition) is 5. The molecule has 2 fully saturated rings. The van der Waals surface area contributed by atoms with Crippen molar-refractivity contribution in [3.63, 3.8) is 0 Å². The molecule has 0 radical (unpaired) electrons. The highest BCUT2D eigenvalue weighted by atomic mass is 32.2. The SMILES string of the molecule is O=S(=O)(CC1CCC(c2ccnc3cnc4[nH]ccc4c23)CC1)N1CCCC(COc2ccc(F)cc2)C1. The number of piperidine rings is 1. The molecule has 1 atom stereocenters. The summed E-state index contributed by atoms with van der Waals surface area (Å²) >= 11 is 0. The van der Waals surface area contributed by atoms with Gasteiger partial charge in [-0.25, -0.2) is 22.1 Å². The highest BCUT2D eigenvalue weighted by molar-refractivity contribution is 7.89. The second-order valence-electron chi connectivity index (χ2n) is 10.8. The van der Waals surface area contributed by atoms with Gasteiger partial charge in [-0.05, 0) is 92.3 Å². The second-order valence-corrected chi connectivity index (χ2v) is 12.8. The van der Waals surface area contributed by atoms with Crippen LogP contribution in [0.2, 0.25) is 0 Å². The van der Waals surface area contributed by atoms with E-state index < -0.39 is 10.0 Å². The zero-order valence-electron chi connectivity index (χ0n) is 21.4. The van der Waals surface area contributed by atoms with E-state index in [4.69, 9.17) is 4.74 Å². The van der Waals surface area contributed by atoms with Gasteiger partial charge in [-0.1, -0.05) is 0 Å². The van der Waals surface area contributed by atoms with Crippen LogP contribution in [0.25, 0.3) is 21.9 Å². The molecule has 4 heterocycles. The molecule has 1 aromatic carbocycles. The third-order valence-electron chi connectivity index (χ3n) is 8.23. The summed E-state index contributed by atoms with van der Waals surface area (Å²) in [6.07, 6.45) is 11.1. The predicted octanol–water partition coefficient (Wildman–Crippen LogP) is 5.64. The van der Waals surface area contributed by atoms with Gasteiger partial charge in [0.2, 0.25) is 10.0 Å². The van der Waals surface area contributed by atoms with Gasteiger partial charge in [0.05, 0.1) is 24.1 Å². The number of benzene rings is 1. The van der Waals surface area contributed by atoms with E-state index in [0.29, 0.717) is 31.4 Å². The van der Waals surface area contributed by atoms with E-state index >= 15 is 0 Å². The number of aromatic amines is 1. The molecule has 9 heteroatoms. The Morgan fingerprint density at radius 1 is 1.00 bits per heavy atom. The molecule has 7 nitrogen and oxygen atoms in total. The number of nitrogens with zero attached hydrogens (tertiary/aromatic N) is 3. The Labute approximate surface area is 222 Å². The molecule has 4 aromatic rings. The van der Waals surface area contributed by atoms with Crippen LogP contribution in [0, 0.1) is 17.7 Å². The van der Waals surface area contributed by atoms with E-state index in [0.717, 1.165) is 60.5 Å². The molecule has 0 amide bonds. The fraction of sp³-hybridized carbons (Fsp3) is 0.448. The lowest BCUT2D eigenvalue weighted by Crippen LogP contribution is -2.43. The molecule has 1 N–H and O–H groups in total. The molecule has 1 unspecified atom stereocenters. The summed E-state index contributed by atoms with van der Waals surface area (Å²) in [5.74, 6) is 1.23. The summed E-state index contributed by atoms with van der Waals surface area (Å²) in [5.41, 5.74) is 3.07. The maximum absolute atomic E-state index is 13.4. The fourth-order valence-electron chi connectivity index (χ4n) is 6.22. The molecule has 1 aliphatic carbocycles. The lowest BCUT2D eigenvalue weighted by atomic mass is 9.78. The Kier molecular flexibility index (Phi) is 7.05. The minimum Gasteiger partial charge on any atom is -0.493 e. The van der Waals surface area contributed by atoms with Crippen molar-refractivity contribution < 1.29 is 17.5 Å². The van der Waals surface area contributed by atoms with Gasteiger partial charge in [-0.15, -0.1) is 0 Å². The average molecular weight is 537 g/mol. The molecule has 1 aliphatic heterocycles. The number of sulfonamides is 1. The fourth-order valence-corrected chi connectivity index (χ4v) is 8.21. The molecule has 2 aliphatic rings. The summed E-state index contributed by atoms with van der Waals surface area (Å²) < 4.78 is 47.4. The molecular formula is C29H33FN4O3S. The van der Waals surface area contributed by atoms with E-state index in [1.807, 2.05) is 18.6 Å². The van der Waals surface area contributed by atoms with E-state index in [1.165, 1.54) is 17.7 Å². The van der Waals surface area contributed by atoms with E-state index in [2.05, 4.69) is 27.1 Å². The third kappa shape index (κ3) is 5.27. The van der Waals surface area contributed by atoms with Gasteiger partial charge in [0.25, 0.3) is 0 Å². The summed E-state index contributed by atoms with van der Waals surface area (Å²) in [4.78, 5) is 12.2. The van der Waals surface area contributed by atoms with E-state index in [9.17, 15) is 12.8 Å². The number of nitrogens with one attached hydrogen (secondary N) is 1. The topological polar surface area (TPSA) is 88.2 Å². The minimum absolute atomic E-state index is 0.138. The monoisotopic (exact) mass is 536 g/mol. The molecule has 1 saturated heterocycles. The largest absolute Gasteiger partial charge is 0.493 e. The smallest absolute Gasteiger partial charge is 0.214 e. The third-order valence-corrected chi connectivity index (χ3v) is 10.2. The number of fused-ring (bicyclic) bond motifs is 3. The molecular weight excluding hydrogens is 503 g/mol. The van der Waals surface area contributed by atoms with Crippen LogP contribution in [0.3, 0.4) is 0 Å². The van der Waals surface area contributed by atoms with Crippen molar-refractivity contribution >= 4 is 32.0 Å². The summed E-state index contributed by atoms with van der Waals surface area (Å²) in [5, 5.41) is 2.26. The van der Waals surface area contributed by atoms with Gasteiger partial charge in [0.15, 0.2) is 0 Å². The predicted molar refractivity (Wildman–Crippen MR) is 146 cm³/mol. The molecule has 6 rings (SSSR count). The quantitative estimate of drug-likeness (QED) is 0.330. The second kappa shape index (κ2) is 10.6. The summed E-state index contributed by atoms with van der Waals surface area (Å²) in [6, 6.07) is 10.1. The first-order chi connectivity index (χ1) is 18.5. The van der Waals surface area contributed by atoms with Crippen molar-refractivity contribution in [2.45, 2.75) is 44.4 Å². The van der Waals surface area contributed by atoms with Gasteiger partial charge in [-0.2, -0.15) is 0 Å². The van der Waals surface area contributed by atoms with Crippen LogP contribution in [0.4, 0.5) is 4.39 Å². The lowest BCUT2D eigenvalue weighted by Gasteiger charge is -2.34. The molecule has 1 saturated carbocycles. The standard InChI is InChI=1S/C29H33FN4O3S/c30-23-7-9-24(10-8-23)37-18-21-2-1-15-34(17-21)38(35,36)19-20-3-5-22(6-4-20)25-11-13-31-27-16-33-29-26(28(25)27)12-14-32-29/h7-14,16,20-22H,1-6,15,17-19H2,(H,32,33). The molecule has 3 aromatic heterocycles. The minimum atomic E-state index is -3.34. The zero-order chi connectivity index (χ0) is 26.1. The average Bonchev–Trinajstić information content (AvgIpc) is 3.42. The lowest BCUT2D eigenvalue weighted by molar-refractivity contribution is 0.179. The summed E-state index contributed by atoms with van der Waals surface area (Å²) in [7, 11) is -3.34. The van der Waals surface area contributed by atoms with Crippen molar-refractivity contribution in [2.24, 2.45) is 11.8 Å². The number of ether oxygens (including phenoxy) is 1. The molecule has 0 spiro atoms. The van der Waals surface area contributed by atoms with Gasteiger partial charge in [-0.3, -0.25) is 4.98 Å². The van der Waals surface area contributed by atoms with Crippen LogP contribution < -0.4 is 4.74 Å². The van der Waals surface area contributed by atoms with Crippen LogP contribution in [0.5, 0.6) is 5.75 Å². The van der Waals surface area contributed by atoms with Crippen LogP contribution in [0.15, 0.2) is 55.0 Å². The van der Waals surface area contributed by atoms with Crippen molar-refractivity contribution in [1.29, 1.82) is 0 Å². The highest BCUT2D eigenvalue weighted by Gasteiger charge is 2.33. The molecule has 200 valence electrons. The highest BCUT2D eigenvalue weighted by Crippen LogP contribution is 2.40. The van der Waals surface area contributed by atoms with Crippen molar-refractivity contribution in [3.8, 4) is 5.75 Å². The number of halogens is 1. The van der Waals surface area contributed by atoms with Gasteiger partial charge < -0.3 is 9.72 Å². The normalized spacial score (nSPS) is 23.1. The zero-order valence-corrected chi connectivity index (χ0v) is 22.2. The Morgan fingerprint density at radius 3 is 2.63 bits per heavy atom. The Hall–Kier alpha value is -3.04. The first-order valence-corrected chi connectivity index (χ1v) is 15.1. The molecule has 38 heavy (non-hydrogen) atoms. The first-order valence-electron chi connectivity index (χ1n) is 13.5. The number of rotatable bonds is 7. The van der Waals surface area contributed by atoms with Gasteiger partial charge in [0.1, 0.15) is 17.2 Å².